The minimum absolute atomic E-state index is 0.0791. The summed E-state index contributed by atoms with van der Waals surface area (Å²) >= 11 is 0. The van der Waals surface area contributed by atoms with E-state index < -0.39 is 9.84 Å². The lowest BCUT2D eigenvalue weighted by atomic mass is 9.93. The molecule has 1 aliphatic carbocycles. The van der Waals surface area contributed by atoms with E-state index in [2.05, 4.69) is 10.3 Å². The third-order valence-electron chi connectivity index (χ3n) is 2.51. The molecule has 78 valence electrons. The molecule has 1 heterocycles. The van der Waals surface area contributed by atoms with Gasteiger partial charge in [0.1, 0.15) is 5.82 Å². The first-order chi connectivity index (χ1) is 6.58. The first-order valence-corrected chi connectivity index (χ1v) is 6.16. The number of hydrogen-bond acceptors (Lipinski definition) is 5. The van der Waals surface area contributed by atoms with Gasteiger partial charge in [-0.1, -0.05) is 6.42 Å². The molecule has 1 aliphatic heterocycles. The van der Waals surface area contributed by atoms with Crippen molar-refractivity contribution < 1.29 is 8.42 Å². The first kappa shape index (κ1) is 9.67. The normalized spacial score (nSPS) is 25.4. The molecular formula is C8H13N3O2S. The van der Waals surface area contributed by atoms with Crippen LogP contribution in [0.15, 0.2) is 16.2 Å². The highest BCUT2D eigenvalue weighted by Crippen LogP contribution is 2.18. The fourth-order valence-electron chi connectivity index (χ4n) is 1.45. The summed E-state index contributed by atoms with van der Waals surface area (Å²) in [6, 6.07) is 0.453. The second-order valence-corrected chi connectivity index (χ2v) is 5.40. The van der Waals surface area contributed by atoms with Crippen LogP contribution in [0.3, 0.4) is 0 Å². The van der Waals surface area contributed by atoms with Gasteiger partial charge in [0.2, 0.25) is 9.84 Å². The zero-order valence-electron chi connectivity index (χ0n) is 7.73. The quantitative estimate of drug-likeness (QED) is 0.677. The van der Waals surface area contributed by atoms with Crippen LogP contribution in [-0.4, -0.2) is 26.0 Å². The Bertz CT molecular complexity index is 393. The average molecular weight is 215 g/mol. The number of nitrogens with zero attached hydrogens (tertiary/aromatic N) is 1. The van der Waals surface area contributed by atoms with Gasteiger partial charge in [0.15, 0.2) is 5.04 Å². The molecule has 3 N–H and O–H groups in total. The topological polar surface area (TPSA) is 84.5 Å². The number of nitrogens with two attached hydrogens (primary N) is 1. The summed E-state index contributed by atoms with van der Waals surface area (Å²) in [5, 5.41) is 4.28. The Hall–Kier alpha value is -0.880. The Kier molecular flexibility index (Phi) is 2.32. The fraction of sp³-hybridized carbons (Fsp3) is 0.625. The van der Waals surface area contributed by atoms with Crippen molar-refractivity contribution in [2.45, 2.75) is 25.3 Å². The summed E-state index contributed by atoms with van der Waals surface area (Å²) in [6.45, 7) is 0.296. The van der Waals surface area contributed by atoms with Gasteiger partial charge in [-0.2, -0.15) is 0 Å². The van der Waals surface area contributed by atoms with Crippen molar-refractivity contribution in [2.24, 2.45) is 10.7 Å². The van der Waals surface area contributed by atoms with Gasteiger partial charge in [0.25, 0.3) is 0 Å². The number of aliphatic imine (C=N–C) groups is 1. The van der Waals surface area contributed by atoms with Crippen LogP contribution in [0.1, 0.15) is 19.3 Å². The van der Waals surface area contributed by atoms with E-state index in [1.165, 1.54) is 6.42 Å². The maximum absolute atomic E-state index is 11.4. The number of nitrogens with one attached hydrogen (secondary N) is 1. The molecule has 0 spiro atoms. The lowest BCUT2D eigenvalue weighted by Crippen LogP contribution is -2.39. The highest BCUT2D eigenvalue weighted by molar-refractivity contribution is 8.09. The van der Waals surface area contributed by atoms with Gasteiger partial charge in [-0.3, -0.25) is 0 Å². The van der Waals surface area contributed by atoms with Crippen LogP contribution < -0.4 is 11.1 Å². The molecule has 5 nitrogen and oxygen atoms in total. The summed E-state index contributed by atoms with van der Waals surface area (Å²) in [4.78, 5) is 3.78. The molecule has 0 aromatic heterocycles. The standard InChI is InChI=1S/C8H13N3O2S/c9-7-5-14(12,13)8(11-7)4-10-6-2-1-3-6/h5-6,10H,1-4,9H2. The van der Waals surface area contributed by atoms with Gasteiger partial charge in [0, 0.05) is 6.04 Å². The largest absolute Gasteiger partial charge is 0.383 e. The molecule has 14 heavy (non-hydrogen) atoms. The number of rotatable bonds is 3. The summed E-state index contributed by atoms with van der Waals surface area (Å²) < 4.78 is 22.7. The van der Waals surface area contributed by atoms with Crippen molar-refractivity contribution in [3.05, 3.63) is 11.2 Å². The maximum Gasteiger partial charge on any atom is 0.218 e. The molecule has 0 amide bonds. The van der Waals surface area contributed by atoms with Gasteiger partial charge in [-0.15, -0.1) is 0 Å². The van der Waals surface area contributed by atoms with E-state index in [4.69, 9.17) is 5.73 Å². The van der Waals surface area contributed by atoms with Crippen LogP contribution in [-0.2, 0) is 9.84 Å². The van der Waals surface area contributed by atoms with Crippen LogP contribution in [0.4, 0.5) is 0 Å². The van der Waals surface area contributed by atoms with Gasteiger partial charge < -0.3 is 11.1 Å². The first-order valence-electron chi connectivity index (χ1n) is 4.61. The average Bonchev–Trinajstić information content (AvgIpc) is 2.21. The van der Waals surface area contributed by atoms with Crippen LogP contribution in [0.2, 0.25) is 0 Å². The van der Waals surface area contributed by atoms with Crippen LogP contribution in [0.5, 0.6) is 0 Å². The molecule has 0 bridgehead atoms. The molecule has 0 atom stereocenters. The lowest BCUT2D eigenvalue weighted by Gasteiger charge is -2.26. The minimum Gasteiger partial charge on any atom is -0.383 e. The summed E-state index contributed by atoms with van der Waals surface area (Å²) in [7, 11) is -3.32. The molecule has 0 radical (unpaired) electrons. The number of sulfone groups is 1. The third kappa shape index (κ3) is 1.80. The molecule has 2 aliphatic rings. The van der Waals surface area contributed by atoms with Crippen LogP contribution in [0.25, 0.3) is 0 Å². The molecular weight excluding hydrogens is 202 g/mol. The fourth-order valence-corrected chi connectivity index (χ4v) is 2.47. The minimum atomic E-state index is -3.32. The van der Waals surface area contributed by atoms with Crippen molar-refractivity contribution in [1.29, 1.82) is 0 Å². The lowest BCUT2D eigenvalue weighted by molar-refractivity contribution is 0.355. The Morgan fingerprint density at radius 3 is 2.71 bits per heavy atom. The van der Waals surface area contributed by atoms with E-state index in [-0.39, 0.29) is 10.9 Å². The third-order valence-corrected chi connectivity index (χ3v) is 3.95. The van der Waals surface area contributed by atoms with Gasteiger partial charge in [-0.25, -0.2) is 13.4 Å². The highest BCUT2D eigenvalue weighted by atomic mass is 32.2. The Morgan fingerprint density at radius 2 is 2.29 bits per heavy atom. The van der Waals surface area contributed by atoms with Gasteiger partial charge in [0.05, 0.1) is 12.0 Å². The second kappa shape index (κ2) is 3.36. The van der Waals surface area contributed by atoms with E-state index >= 15 is 0 Å². The van der Waals surface area contributed by atoms with Crippen LogP contribution in [0, 0.1) is 0 Å². The Morgan fingerprint density at radius 1 is 1.57 bits per heavy atom. The van der Waals surface area contributed by atoms with Crippen LogP contribution >= 0.6 is 0 Å². The summed E-state index contributed by atoms with van der Waals surface area (Å²) in [5.74, 6) is 0.0791. The summed E-state index contributed by atoms with van der Waals surface area (Å²) in [5.41, 5.74) is 5.32. The van der Waals surface area contributed by atoms with Gasteiger partial charge >= 0.3 is 0 Å². The zero-order chi connectivity index (χ0) is 10.2. The molecule has 0 unspecified atom stereocenters. The Balaban J connectivity index is 1.96. The predicted molar refractivity (Wildman–Crippen MR) is 54.3 cm³/mol. The number of hydrogen-bond donors (Lipinski definition) is 2. The second-order valence-electron chi connectivity index (χ2n) is 3.60. The van der Waals surface area contributed by atoms with Crippen molar-refractivity contribution in [3.8, 4) is 0 Å². The van der Waals surface area contributed by atoms with Crippen molar-refractivity contribution in [3.63, 3.8) is 0 Å². The van der Waals surface area contributed by atoms with E-state index in [0.717, 1.165) is 18.2 Å². The zero-order valence-corrected chi connectivity index (χ0v) is 8.55. The predicted octanol–water partition coefficient (Wildman–Crippen LogP) is -0.287. The Labute approximate surface area is 83.0 Å². The van der Waals surface area contributed by atoms with Gasteiger partial charge in [-0.05, 0) is 12.8 Å². The van der Waals surface area contributed by atoms with E-state index in [1.54, 1.807) is 0 Å². The molecule has 2 rings (SSSR count). The van der Waals surface area contributed by atoms with E-state index in [0.29, 0.717) is 12.6 Å². The maximum atomic E-state index is 11.4. The molecule has 0 aromatic rings. The SMILES string of the molecule is NC1=CS(=O)(=O)C(CNC2CCC2)=N1. The summed E-state index contributed by atoms with van der Waals surface area (Å²) in [6.07, 6.45) is 3.46. The van der Waals surface area contributed by atoms with Crippen molar-refractivity contribution >= 4 is 14.9 Å². The molecule has 0 saturated heterocycles. The molecule has 1 fully saturated rings. The highest BCUT2D eigenvalue weighted by Gasteiger charge is 2.25. The monoisotopic (exact) mass is 215 g/mol. The molecule has 6 heteroatoms. The molecule has 1 saturated carbocycles. The van der Waals surface area contributed by atoms with E-state index in [1.807, 2.05) is 0 Å². The van der Waals surface area contributed by atoms with E-state index in [9.17, 15) is 8.42 Å². The van der Waals surface area contributed by atoms with Crippen molar-refractivity contribution in [2.75, 3.05) is 6.54 Å². The molecule has 0 aromatic carbocycles. The smallest absolute Gasteiger partial charge is 0.218 e. The van der Waals surface area contributed by atoms with Crippen molar-refractivity contribution in [1.82, 2.24) is 5.32 Å².